The van der Waals surface area contributed by atoms with Crippen LogP contribution in [0.15, 0.2) is 120 Å². The van der Waals surface area contributed by atoms with Crippen molar-refractivity contribution in [3.63, 3.8) is 0 Å². The van der Waals surface area contributed by atoms with E-state index in [9.17, 15) is 18.0 Å². The number of hydrogen-bond donors (Lipinski definition) is 0. The van der Waals surface area contributed by atoms with E-state index in [0.29, 0.717) is 0 Å². The number of benzene rings is 4. The van der Waals surface area contributed by atoms with E-state index in [1.807, 2.05) is 37.3 Å². The normalized spacial score (nSPS) is 20.2. The van der Waals surface area contributed by atoms with Crippen LogP contribution in [0.25, 0.3) is 0 Å². The molecule has 222 valence electrons. The highest BCUT2D eigenvalue weighted by Crippen LogP contribution is 2.30. The predicted molar refractivity (Wildman–Crippen MR) is 155 cm³/mol. The van der Waals surface area contributed by atoms with Crippen LogP contribution in [0.3, 0.4) is 0 Å². The first-order chi connectivity index (χ1) is 20.8. The molecule has 0 amide bonds. The maximum Gasteiger partial charge on any atom is 0.338 e. The largest absolute Gasteiger partial charge is 0.452 e. The van der Waals surface area contributed by atoms with E-state index in [4.69, 9.17) is 23.1 Å². The summed E-state index contributed by atoms with van der Waals surface area (Å²) in [6.07, 6.45) is -5.49. The molecule has 4 atom stereocenters. The number of aryl methyl sites for hydroxylation is 1. The molecule has 10 heteroatoms. The highest BCUT2D eigenvalue weighted by Gasteiger charge is 2.49. The summed E-state index contributed by atoms with van der Waals surface area (Å²) in [5.74, 6) is -1.48. The summed E-state index contributed by atoms with van der Waals surface area (Å²) in [5, 5.41) is 0. The molecule has 1 fully saturated rings. The Morgan fingerprint density at radius 3 is 1.84 bits per heavy atom. The zero-order valence-electron chi connectivity index (χ0n) is 23.3. The minimum atomic E-state index is -4.42. The number of ether oxygens (including phenoxy) is 4. The second-order valence-electron chi connectivity index (χ2n) is 9.87. The Morgan fingerprint density at radius 1 is 0.721 bits per heavy atom. The minimum absolute atomic E-state index is 0.0454. The molecule has 0 spiro atoms. The van der Waals surface area contributed by atoms with Crippen molar-refractivity contribution >= 4 is 22.1 Å². The highest BCUT2D eigenvalue weighted by molar-refractivity contribution is 7.86. The minimum Gasteiger partial charge on any atom is -0.452 e. The SMILES string of the molecule is Cc1ccc(S(=O)(=O)OC2C(OCc3ccccc3)OCC(OC(=O)c3ccccc3)C2OC(=O)c2ccccc2)cc1. The second-order valence-corrected chi connectivity index (χ2v) is 11.4. The van der Waals surface area contributed by atoms with Crippen LogP contribution < -0.4 is 0 Å². The summed E-state index contributed by atoms with van der Waals surface area (Å²) >= 11 is 0. The van der Waals surface area contributed by atoms with Gasteiger partial charge in [-0.2, -0.15) is 8.42 Å². The average molecular weight is 603 g/mol. The molecule has 0 radical (unpaired) electrons. The third-order valence-electron chi connectivity index (χ3n) is 6.71. The lowest BCUT2D eigenvalue weighted by molar-refractivity contribution is -0.265. The molecule has 43 heavy (non-hydrogen) atoms. The third-order valence-corrected chi connectivity index (χ3v) is 8.03. The fourth-order valence-electron chi connectivity index (χ4n) is 4.44. The molecule has 0 saturated carbocycles. The topological polar surface area (TPSA) is 114 Å². The van der Waals surface area contributed by atoms with Crippen LogP contribution in [-0.2, 0) is 39.9 Å². The maximum absolute atomic E-state index is 13.5. The molecular weight excluding hydrogens is 572 g/mol. The second kappa shape index (κ2) is 13.7. The lowest BCUT2D eigenvalue weighted by atomic mass is 10.0. The van der Waals surface area contributed by atoms with Gasteiger partial charge in [0.05, 0.1) is 29.2 Å². The van der Waals surface area contributed by atoms with Crippen molar-refractivity contribution in [2.75, 3.05) is 6.61 Å². The first-order valence-corrected chi connectivity index (χ1v) is 15.0. The zero-order valence-corrected chi connectivity index (χ0v) is 24.1. The van der Waals surface area contributed by atoms with E-state index in [-0.39, 0.29) is 29.2 Å². The van der Waals surface area contributed by atoms with Crippen molar-refractivity contribution in [1.82, 2.24) is 0 Å². The van der Waals surface area contributed by atoms with E-state index in [0.717, 1.165) is 11.1 Å². The Labute approximate surface area is 250 Å². The van der Waals surface area contributed by atoms with Gasteiger partial charge in [0.25, 0.3) is 10.1 Å². The average Bonchev–Trinajstić information content (AvgIpc) is 3.03. The van der Waals surface area contributed by atoms with Crippen molar-refractivity contribution in [2.45, 2.75) is 43.0 Å². The van der Waals surface area contributed by atoms with Crippen molar-refractivity contribution in [2.24, 2.45) is 0 Å². The lowest BCUT2D eigenvalue weighted by Crippen LogP contribution is -2.58. The first kappa shape index (κ1) is 30.1. The van der Waals surface area contributed by atoms with Gasteiger partial charge < -0.3 is 18.9 Å². The molecular formula is C33H30O9S. The summed E-state index contributed by atoms with van der Waals surface area (Å²) in [7, 11) is -4.42. The summed E-state index contributed by atoms with van der Waals surface area (Å²) in [6, 6.07) is 31.7. The van der Waals surface area contributed by atoms with Crippen molar-refractivity contribution in [3.8, 4) is 0 Å². The van der Waals surface area contributed by atoms with Crippen LogP contribution >= 0.6 is 0 Å². The van der Waals surface area contributed by atoms with Crippen LogP contribution in [0.2, 0.25) is 0 Å². The summed E-state index contributed by atoms with van der Waals surface area (Å²) in [5.41, 5.74) is 2.11. The molecule has 0 aromatic heterocycles. The van der Waals surface area contributed by atoms with Gasteiger partial charge in [0.2, 0.25) is 0 Å². The Morgan fingerprint density at radius 2 is 1.26 bits per heavy atom. The van der Waals surface area contributed by atoms with Gasteiger partial charge in [-0.15, -0.1) is 0 Å². The van der Waals surface area contributed by atoms with Gasteiger partial charge in [0.1, 0.15) is 0 Å². The van der Waals surface area contributed by atoms with E-state index in [1.54, 1.807) is 72.8 Å². The molecule has 1 aliphatic heterocycles. The van der Waals surface area contributed by atoms with Gasteiger partial charge in [0.15, 0.2) is 24.6 Å². The van der Waals surface area contributed by atoms with Gasteiger partial charge in [0, 0.05) is 0 Å². The molecule has 0 aliphatic carbocycles. The Hall–Kier alpha value is -4.35. The van der Waals surface area contributed by atoms with Crippen molar-refractivity contribution in [1.29, 1.82) is 0 Å². The van der Waals surface area contributed by atoms with Gasteiger partial charge in [-0.3, -0.25) is 4.18 Å². The summed E-state index contributed by atoms with van der Waals surface area (Å²) in [4.78, 5) is 26.2. The van der Waals surface area contributed by atoms with Crippen molar-refractivity contribution < 1.29 is 41.1 Å². The highest BCUT2D eigenvalue weighted by atomic mass is 32.2. The van der Waals surface area contributed by atoms with Crippen LogP contribution in [-0.4, -0.2) is 51.6 Å². The molecule has 9 nitrogen and oxygen atoms in total. The molecule has 0 N–H and O–H groups in total. The Bertz CT molecular complexity index is 1610. The van der Waals surface area contributed by atoms with Crippen molar-refractivity contribution in [3.05, 3.63) is 138 Å². The van der Waals surface area contributed by atoms with E-state index >= 15 is 0 Å². The van der Waals surface area contributed by atoms with Crippen LogP contribution in [0.5, 0.6) is 0 Å². The fourth-order valence-corrected chi connectivity index (χ4v) is 5.51. The molecule has 0 bridgehead atoms. The van der Waals surface area contributed by atoms with Crippen LogP contribution in [0.4, 0.5) is 0 Å². The van der Waals surface area contributed by atoms with E-state index in [1.165, 1.54) is 12.1 Å². The van der Waals surface area contributed by atoms with Gasteiger partial charge in [-0.25, -0.2) is 9.59 Å². The Balaban J connectivity index is 1.49. The third kappa shape index (κ3) is 7.74. The number of esters is 2. The van der Waals surface area contributed by atoms with Crippen LogP contribution in [0, 0.1) is 6.92 Å². The summed E-state index contributed by atoms with van der Waals surface area (Å²) in [6.45, 7) is 1.61. The first-order valence-electron chi connectivity index (χ1n) is 13.6. The standard InChI is InChI=1S/C33H30O9S/c1-23-17-19-27(20-18-23)43(36,37)42-30-29(41-32(35)26-15-9-4-10-16-26)28(40-31(34)25-13-7-3-8-14-25)22-39-33(30)38-21-24-11-5-2-6-12-24/h2-20,28-30,33H,21-22H2,1H3. The predicted octanol–water partition coefficient (Wildman–Crippen LogP) is 5.09. The number of rotatable bonds is 10. The van der Waals surface area contributed by atoms with E-state index in [2.05, 4.69) is 0 Å². The van der Waals surface area contributed by atoms with Gasteiger partial charge in [-0.1, -0.05) is 84.4 Å². The van der Waals surface area contributed by atoms with Gasteiger partial charge >= 0.3 is 11.9 Å². The maximum atomic E-state index is 13.5. The Kier molecular flexibility index (Phi) is 9.63. The fraction of sp³-hybridized carbons (Fsp3) is 0.212. The lowest BCUT2D eigenvalue weighted by Gasteiger charge is -2.40. The monoisotopic (exact) mass is 602 g/mol. The molecule has 1 heterocycles. The molecule has 4 unspecified atom stereocenters. The molecule has 4 aromatic rings. The number of carbonyl (C=O) groups is 2. The van der Waals surface area contributed by atoms with Crippen LogP contribution in [0.1, 0.15) is 31.8 Å². The quantitative estimate of drug-likeness (QED) is 0.181. The smallest absolute Gasteiger partial charge is 0.338 e. The van der Waals surface area contributed by atoms with E-state index < -0.39 is 46.7 Å². The molecule has 1 aliphatic rings. The molecule has 4 aromatic carbocycles. The van der Waals surface area contributed by atoms with Gasteiger partial charge in [-0.05, 0) is 48.9 Å². The zero-order chi connectivity index (χ0) is 30.2. The molecule has 5 rings (SSSR count). The number of hydrogen-bond acceptors (Lipinski definition) is 9. The molecule has 1 saturated heterocycles. The number of carbonyl (C=O) groups excluding carboxylic acids is 2. The summed E-state index contributed by atoms with van der Waals surface area (Å²) < 4.78 is 56.2.